The summed E-state index contributed by atoms with van der Waals surface area (Å²) in [7, 11) is -0.810. The largest absolute Gasteiger partial charge is 0.220 e. The molecule has 0 N–H and O–H groups in total. The van der Waals surface area contributed by atoms with Gasteiger partial charge in [-0.1, -0.05) is 26.3 Å². The van der Waals surface area contributed by atoms with Crippen molar-refractivity contribution in [2.45, 2.75) is 38.0 Å². The lowest BCUT2D eigenvalue weighted by molar-refractivity contribution is 0.608. The van der Waals surface area contributed by atoms with Crippen molar-refractivity contribution in [2.24, 2.45) is 0 Å². The third-order valence-corrected chi connectivity index (χ3v) is 5.89. The first-order valence-electron chi connectivity index (χ1n) is 6.00. The lowest BCUT2D eigenvalue weighted by Crippen LogP contribution is -2.03. The van der Waals surface area contributed by atoms with Crippen LogP contribution >= 0.6 is 10.0 Å². The Morgan fingerprint density at radius 3 is 2.38 bits per heavy atom. The summed E-state index contributed by atoms with van der Waals surface area (Å²) < 4.78 is 13.7. The van der Waals surface area contributed by atoms with Crippen molar-refractivity contribution < 1.29 is 4.39 Å². The number of unbranched alkanes of at least 4 members (excludes halogenated alkanes) is 1. The van der Waals surface area contributed by atoms with E-state index in [1.807, 2.05) is 13.0 Å². The smallest absolute Gasteiger partial charge is 0.127 e. The molecule has 16 heavy (non-hydrogen) atoms. The highest BCUT2D eigenvalue weighted by Gasteiger charge is 2.15. The monoisotopic (exact) mass is 242 g/mol. The van der Waals surface area contributed by atoms with E-state index in [9.17, 15) is 4.39 Å². The van der Waals surface area contributed by atoms with Crippen molar-refractivity contribution in [3.05, 3.63) is 29.6 Å². The molecule has 92 valence electrons. The average molecular weight is 242 g/mol. The molecule has 1 rings (SSSR count). The number of halogens is 1. The SMILES string of the molecule is CCCCS(C)(C)c1ccc(CC)c(F)c1. The van der Waals surface area contributed by atoms with Gasteiger partial charge in [0.2, 0.25) is 0 Å². The van der Waals surface area contributed by atoms with Crippen LogP contribution in [0.2, 0.25) is 0 Å². The van der Waals surface area contributed by atoms with Crippen LogP contribution in [0.25, 0.3) is 0 Å². The molecule has 0 fully saturated rings. The molecule has 0 radical (unpaired) electrons. The minimum atomic E-state index is -0.810. The number of aryl methyl sites for hydroxylation is 1. The van der Waals surface area contributed by atoms with Gasteiger partial charge in [-0.2, -0.15) is 0 Å². The lowest BCUT2D eigenvalue weighted by Gasteiger charge is -2.32. The van der Waals surface area contributed by atoms with Crippen LogP contribution < -0.4 is 0 Å². The Balaban J connectivity index is 2.91. The summed E-state index contributed by atoms with van der Waals surface area (Å²) in [6, 6.07) is 5.82. The van der Waals surface area contributed by atoms with Crippen LogP contribution in [0.1, 0.15) is 32.3 Å². The fraction of sp³-hybridized carbons (Fsp3) is 0.571. The average Bonchev–Trinajstić information content (AvgIpc) is 2.26. The Morgan fingerprint density at radius 1 is 1.19 bits per heavy atom. The molecule has 0 unspecified atom stereocenters. The number of benzene rings is 1. The zero-order valence-corrected chi connectivity index (χ0v) is 11.7. The molecule has 0 aliphatic heterocycles. The van der Waals surface area contributed by atoms with Gasteiger partial charge >= 0.3 is 0 Å². The van der Waals surface area contributed by atoms with Crippen LogP contribution in [0.15, 0.2) is 23.1 Å². The third kappa shape index (κ3) is 3.24. The molecule has 0 heterocycles. The van der Waals surface area contributed by atoms with E-state index in [1.54, 1.807) is 6.07 Å². The Labute approximate surface area is 101 Å². The molecule has 0 aromatic heterocycles. The van der Waals surface area contributed by atoms with Crippen LogP contribution in [0.4, 0.5) is 4.39 Å². The molecule has 0 atom stereocenters. The highest BCUT2D eigenvalue weighted by Crippen LogP contribution is 2.49. The van der Waals surface area contributed by atoms with Gasteiger partial charge in [-0.15, -0.1) is 0 Å². The predicted molar refractivity (Wildman–Crippen MR) is 73.3 cm³/mol. The second-order valence-electron chi connectivity index (χ2n) is 4.70. The molecule has 0 nitrogen and oxygen atoms in total. The quantitative estimate of drug-likeness (QED) is 0.707. The van der Waals surface area contributed by atoms with Crippen LogP contribution in [-0.2, 0) is 6.42 Å². The summed E-state index contributed by atoms with van der Waals surface area (Å²) in [5, 5.41) is 0. The molecule has 0 amide bonds. The molecule has 0 bridgehead atoms. The van der Waals surface area contributed by atoms with Crippen LogP contribution in [0.5, 0.6) is 0 Å². The fourth-order valence-electron chi connectivity index (χ4n) is 1.78. The molecule has 0 spiro atoms. The molecule has 0 saturated heterocycles. The van der Waals surface area contributed by atoms with E-state index in [1.165, 1.54) is 23.5 Å². The second kappa shape index (κ2) is 5.72. The first-order valence-corrected chi connectivity index (χ1v) is 8.62. The summed E-state index contributed by atoms with van der Waals surface area (Å²) in [4.78, 5) is 1.20. The Hall–Kier alpha value is -0.500. The normalized spacial score (nSPS) is 12.8. The van der Waals surface area contributed by atoms with E-state index in [2.05, 4.69) is 25.5 Å². The Bertz CT molecular complexity index is 345. The zero-order valence-electron chi connectivity index (χ0n) is 10.8. The van der Waals surface area contributed by atoms with E-state index in [0.717, 1.165) is 12.0 Å². The summed E-state index contributed by atoms with van der Waals surface area (Å²) in [5.74, 6) is 1.17. The van der Waals surface area contributed by atoms with Gasteiger partial charge in [-0.25, -0.2) is 14.4 Å². The van der Waals surface area contributed by atoms with Crippen LogP contribution in [-0.4, -0.2) is 18.3 Å². The number of rotatable bonds is 5. The molecular weight excluding hydrogens is 219 g/mol. The maximum absolute atomic E-state index is 13.7. The first-order chi connectivity index (χ1) is 7.51. The number of hydrogen-bond donors (Lipinski definition) is 0. The molecular formula is C14H23FS. The first kappa shape index (κ1) is 13.6. The highest BCUT2D eigenvalue weighted by atomic mass is 32.3. The Kier molecular flexibility index (Phi) is 4.85. The van der Waals surface area contributed by atoms with Crippen molar-refractivity contribution in [3.63, 3.8) is 0 Å². The summed E-state index contributed by atoms with van der Waals surface area (Å²) in [5.41, 5.74) is 0.828. The number of hydrogen-bond acceptors (Lipinski definition) is 0. The van der Waals surface area contributed by atoms with Crippen molar-refractivity contribution >= 4 is 10.0 Å². The molecule has 0 saturated carbocycles. The zero-order chi connectivity index (χ0) is 12.2. The van der Waals surface area contributed by atoms with Crippen LogP contribution in [0, 0.1) is 5.82 Å². The van der Waals surface area contributed by atoms with Gasteiger partial charge in [0.15, 0.2) is 0 Å². The van der Waals surface area contributed by atoms with E-state index < -0.39 is 10.0 Å². The minimum Gasteiger partial charge on any atom is -0.220 e. The van der Waals surface area contributed by atoms with Crippen molar-refractivity contribution in [2.75, 3.05) is 18.3 Å². The topological polar surface area (TPSA) is 0 Å². The van der Waals surface area contributed by atoms with Gasteiger partial charge in [0.25, 0.3) is 0 Å². The van der Waals surface area contributed by atoms with E-state index in [0.29, 0.717) is 0 Å². The summed E-state index contributed by atoms with van der Waals surface area (Å²) in [6.45, 7) is 4.20. The second-order valence-corrected chi connectivity index (χ2v) is 8.66. The molecule has 2 heteroatoms. The van der Waals surface area contributed by atoms with Gasteiger partial charge in [0, 0.05) is 0 Å². The molecule has 0 aliphatic carbocycles. The van der Waals surface area contributed by atoms with Gasteiger partial charge in [0.05, 0.1) is 0 Å². The van der Waals surface area contributed by atoms with E-state index >= 15 is 0 Å². The predicted octanol–water partition coefficient (Wildman–Crippen LogP) is 4.61. The van der Waals surface area contributed by atoms with Crippen molar-refractivity contribution in [3.8, 4) is 0 Å². The molecule has 0 aliphatic rings. The van der Waals surface area contributed by atoms with Crippen molar-refractivity contribution in [1.82, 2.24) is 0 Å². The van der Waals surface area contributed by atoms with E-state index in [-0.39, 0.29) is 5.82 Å². The fourth-order valence-corrected chi connectivity index (χ4v) is 3.89. The maximum atomic E-state index is 13.7. The maximum Gasteiger partial charge on any atom is 0.127 e. The van der Waals surface area contributed by atoms with Gasteiger partial charge in [0.1, 0.15) is 5.82 Å². The standard InChI is InChI=1S/C14H23FS/c1-5-7-10-16(3,4)13-9-8-12(6-2)14(15)11-13/h8-9,11H,5-7,10H2,1-4H3. The Morgan fingerprint density at radius 2 is 1.88 bits per heavy atom. The van der Waals surface area contributed by atoms with Gasteiger partial charge in [-0.05, 0) is 53.7 Å². The lowest BCUT2D eigenvalue weighted by atomic mass is 10.2. The highest BCUT2D eigenvalue weighted by molar-refractivity contribution is 8.32. The van der Waals surface area contributed by atoms with Crippen LogP contribution in [0.3, 0.4) is 0 Å². The summed E-state index contributed by atoms with van der Waals surface area (Å²) >= 11 is 0. The van der Waals surface area contributed by atoms with E-state index in [4.69, 9.17) is 0 Å². The molecule has 1 aromatic carbocycles. The van der Waals surface area contributed by atoms with Crippen molar-refractivity contribution in [1.29, 1.82) is 0 Å². The third-order valence-electron chi connectivity index (χ3n) is 3.05. The molecule has 1 aromatic rings. The van der Waals surface area contributed by atoms with Gasteiger partial charge < -0.3 is 0 Å². The summed E-state index contributed by atoms with van der Waals surface area (Å²) in [6.07, 6.45) is 7.79. The van der Waals surface area contributed by atoms with Gasteiger partial charge in [-0.3, -0.25) is 0 Å². The minimum absolute atomic E-state index is 0.0305.